The monoisotopic (exact) mass is 342 g/mol. The predicted octanol–water partition coefficient (Wildman–Crippen LogP) is 3.29. The quantitative estimate of drug-likeness (QED) is 0.892. The average Bonchev–Trinajstić information content (AvgIpc) is 2.57. The van der Waals surface area contributed by atoms with Crippen LogP contribution in [0.2, 0.25) is 0 Å². The molecule has 0 aliphatic carbocycles. The van der Waals surface area contributed by atoms with E-state index in [1.807, 2.05) is 30.0 Å². The Hall–Kier alpha value is -2.14. The van der Waals surface area contributed by atoms with Gasteiger partial charge >= 0.3 is 5.97 Å². The van der Waals surface area contributed by atoms with Gasteiger partial charge in [-0.1, -0.05) is 25.0 Å². The smallest absolute Gasteiger partial charge is 0.314 e. The van der Waals surface area contributed by atoms with Gasteiger partial charge < -0.3 is 15.1 Å². The Balaban J connectivity index is 2.00. The third kappa shape index (κ3) is 3.09. The molecule has 1 aromatic carbocycles. The summed E-state index contributed by atoms with van der Waals surface area (Å²) in [6.07, 6.45) is 0.816. The summed E-state index contributed by atoms with van der Waals surface area (Å²) < 4.78 is 0. The number of hydrogen-bond acceptors (Lipinski definition) is 4. The number of aryl methyl sites for hydroxylation is 2. The number of piperidine rings is 1. The maximum atomic E-state index is 12.0. The second-order valence-electron chi connectivity index (χ2n) is 7.26. The molecule has 0 amide bonds. The Morgan fingerprint density at radius 3 is 2.80 bits per heavy atom. The molecule has 1 aliphatic heterocycles. The summed E-state index contributed by atoms with van der Waals surface area (Å²) in [7, 11) is 0. The van der Waals surface area contributed by atoms with Crippen molar-refractivity contribution >= 4 is 22.7 Å². The van der Waals surface area contributed by atoms with Gasteiger partial charge in [0.1, 0.15) is 11.2 Å². The fourth-order valence-electron chi connectivity index (χ4n) is 3.94. The molecular formula is C20H26N2O3. The van der Waals surface area contributed by atoms with E-state index in [9.17, 15) is 15.0 Å². The number of aliphatic carboxylic acids is 1. The number of benzene rings is 1. The van der Waals surface area contributed by atoms with Crippen LogP contribution in [-0.2, 0) is 4.79 Å². The van der Waals surface area contributed by atoms with Crippen LogP contribution in [0.1, 0.15) is 37.3 Å². The largest absolute Gasteiger partial charge is 0.481 e. The molecule has 2 N–H and O–H groups in total. The van der Waals surface area contributed by atoms with E-state index in [2.05, 4.69) is 19.9 Å². The summed E-state index contributed by atoms with van der Waals surface area (Å²) in [4.78, 5) is 18.7. The maximum absolute atomic E-state index is 12.0. The summed E-state index contributed by atoms with van der Waals surface area (Å²) in [6.45, 7) is 6.98. The number of aliphatic hydroxyl groups excluding tert-OH is 1. The number of anilines is 1. The molecule has 0 saturated carbocycles. The topological polar surface area (TPSA) is 73.7 Å². The normalized spacial score (nSPS) is 23.8. The van der Waals surface area contributed by atoms with E-state index in [-0.39, 0.29) is 0 Å². The number of aliphatic hydroxyl groups is 1. The lowest BCUT2D eigenvalue weighted by Crippen LogP contribution is -2.56. The third-order valence-electron chi connectivity index (χ3n) is 5.39. The first-order chi connectivity index (χ1) is 11.9. The van der Waals surface area contributed by atoms with Gasteiger partial charge in [0, 0.05) is 18.5 Å². The van der Waals surface area contributed by atoms with Gasteiger partial charge in [-0.05, 0) is 50.5 Å². The molecule has 1 aromatic heterocycles. The standard InChI is InChI=1S/C20H26N2O3/c1-4-8-20(19(24)25)12-22(9-7-17(20)23)18-11-14(3)15-10-13(2)5-6-16(15)21-18/h5-6,10-11,17,23H,4,7-9,12H2,1-3H3,(H,24,25)/t17-,20+/m1/s1. The Labute approximate surface area is 148 Å². The van der Waals surface area contributed by atoms with E-state index in [1.54, 1.807) is 0 Å². The zero-order valence-electron chi connectivity index (χ0n) is 15.1. The van der Waals surface area contributed by atoms with Crippen LogP contribution in [0.25, 0.3) is 10.9 Å². The molecule has 25 heavy (non-hydrogen) atoms. The number of carbonyl (C=O) groups is 1. The van der Waals surface area contributed by atoms with Gasteiger partial charge in [0.15, 0.2) is 0 Å². The van der Waals surface area contributed by atoms with Crippen LogP contribution >= 0.6 is 0 Å². The molecule has 2 heterocycles. The maximum Gasteiger partial charge on any atom is 0.314 e. The van der Waals surface area contributed by atoms with E-state index in [0.717, 1.165) is 28.7 Å². The van der Waals surface area contributed by atoms with Gasteiger partial charge in [-0.15, -0.1) is 0 Å². The molecule has 3 rings (SSSR count). The molecule has 1 fully saturated rings. The molecule has 1 aliphatic rings. The molecule has 0 spiro atoms. The number of aromatic nitrogens is 1. The average molecular weight is 342 g/mol. The summed E-state index contributed by atoms with van der Waals surface area (Å²) in [5.41, 5.74) is 2.12. The highest BCUT2D eigenvalue weighted by Crippen LogP contribution is 2.37. The van der Waals surface area contributed by atoms with Gasteiger partial charge in [-0.25, -0.2) is 4.98 Å². The minimum absolute atomic E-state index is 0.293. The van der Waals surface area contributed by atoms with Gasteiger partial charge in [0.25, 0.3) is 0 Å². The van der Waals surface area contributed by atoms with E-state index >= 15 is 0 Å². The van der Waals surface area contributed by atoms with Crippen LogP contribution in [0, 0.1) is 19.3 Å². The van der Waals surface area contributed by atoms with Crippen molar-refractivity contribution in [2.45, 2.75) is 46.1 Å². The fraction of sp³-hybridized carbons (Fsp3) is 0.500. The van der Waals surface area contributed by atoms with Crippen LogP contribution in [-0.4, -0.2) is 40.4 Å². The Morgan fingerprint density at radius 2 is 2.12 bits per heavy atom. The van der Waals surface area contributed by atoms with Crippen molar-refractivity contribution in [2.75, 3.05) is 18.0 Å². The van der Waals surface area contributed by atoms with Crippen molar-refractivity contribution in [3.8, 4) is 0 Å². The highest BCUT2D eigenvalue weighted by atomic mass is 16.4. The number of carboxylic acids is 1. The fourth-order valence-corrected chi connectivity index (χ4v) is 3.94. The van der Waals surface area contributed by atoms with Crippen molar-refractivity contribution in [3.63, 3.8) is 0 Å². The van der Waals surface area contributed by atoms with E-state index < -0.39 is 17.5 Å². The summed E-state index contributed by atoms with van der Waals surface area (Å²) in [5.74, 6) is -0.123. The molecule has 2 aromatic rings. The number of nitrogens with zero attached hydrogens (tertiary/aromatic N) is 2. The van der Waals surface area contributed by atoms with Crippen LogP contribution < -0.4 is 4.90 Å². The molecule has 2 atom stereocenters. The van der Waals surface area contributed by atoms with Crippen LogP contribution in [0.5, 0.6) is 0 Å². The molecule has 0 unspecified atom stereocenters. The SMILES string of the molecule is CCC[C@]1(C(=O)O)CN(c2cc(C)c3cc(C)ccc3n2)CC[C@H]1O. The van der Waals surface area contributed by atoms with Gasteiger partial charge in [-0.3, -0.25) is 4.79 Å². The Morgan fingerprint density at radius 1 is 1.36 bits per heavy atom. The summed E-state index contributed by atoms with van der Waals surface area (Å²) in [5, 5.41) is 21.3. The first-order valence-corrected chi connectivity index (χ1v) is 8.92. The lowest BCUT2D eigenvalue weighted by molar-refractivity contribution is -0.158. The van der Waals surface area contributed by atoms with Crippen LogP contribution in [0.4, 0.5) is 5.82 Å². The predicted molar refractivity (Wildman–Crippen MR) is 99.0 cm³/mol. The van der Waals surface area contributed by atoms with Crippen molar-refractivity contribution in [1.82, 2.24) is 4.98 Å². The number of pyridine rings is 1. The Bertz CT molecular complexity index is 805. The molecule has 0 bridgehead atoms. The molecular weight excluding hydrogens is 316 g/mol. The second-order valence-corrected chi connectivity index (χ2v) is 7.26. The van der Waals surface area contributed by atoms with E-state index in [1.165, 1.54) is 5.56 Å². The van der Waals surface area contributed by atoms with Gasteiger partial charge in [0.05, 0.1) is 11.6 Å². The number of rotatable bonds is 4. The minimum atomic E-state index is -1.12. The lowest BCUT2D eigenvalue weighted by Gasteiger charge is -2.44. The second kappa shape index (κ2) is 6.64. The zero-order chi connectivity index (χ0) is 18.2. The van der Waals surface area contributed by atoms with Crippen molar-refractivity contribution in [2.24, 2.45) is 5.41 Å². The molecule has 134 valence electrons. The summed E-state index contributed by atoms with van der Waals surface area (Å²) >= 11 is 0. The van der Waals surface area contributed by atoms with Gasteiger partial charge in [-0.2, -0.15) is 0 Å². The lowest BCUT2D eigenvalue weighted by atomic mass is 9.74. The van der Waals surface area contributed by atoms with Crippen LogP contribution in [0.3, 0.4) is 0 Å². The van der Waals surface area contributed by atoms with Gasteiger partial charge in [0.2, 0.25) is 0 Å². The van der Waals surface area contributed by atoms with Crippen molar-refractivity contribution < 1.29 is 15.0 Å². The molecule has 5 nitrogen and oxygen atoms in total. The first-order valence-electron chi connectivity index (χ1n) is 8.92. The number of carboxylic acid groups (broad SMARTS) is 1. The highest BCUT2D eigenvalue weighted by molar-refractivity contribution is 5.85. The highest BCUT2D eigenvalue weighted by Gasteiger charge is 2.48. The zero-order valence-corrected chi connectivity index (χ0v) is 15.1. The van der Waals surface area contributed by atoms with E-state index in [4.69, 9.17) is 4.98 Å². The number of hydrogen-bond donors (Lipinski definition) is 2. The Kier molecular flexibility index (Phi) is 4.69. The van der Waals surface area contributed by atoms with Crippen molar-refractivity contribution in [3.05, 3.63) is 35.4 Å². The van der Waals surface area contributed by atoms with Crippen molar-refractivity contribution in [1.29, 1.82) is 0 Å². The molecule has 0 radical (unpaired) electrons. The number of fused-ring (bicyclic) bond motifs is 1. The molecule has 1 saturated heterocycles. The van der Waals surface area contributed by atoms with Crippen LogP contribution in [0.15, 0.2) is 24.3 Å². The minimum Gasteiger partial charge on any atom is -0.481 e. The summed E-state index contributed by atoms with van der Waals surface area (Å²) in [6, 6.07) is 8.20. The molecule has 5 heteroatoms. The van der Waals surface area contributed by atoms with E-state index in [0.29, 0.717) is 25.9 Å². The first kappa shape index (κ1) is 17.7. The third-order valence-corrected chi connectivity index (χ3v) is 5.39.